The van der Waals surface area contributed by atoms with Gasteiger partial charge in [-0.3, -0.25) is 9.59 Å². The molecule has 2 heterocycles. The van der Waals surface area contributed by atoms with Crippen LogP contribution in [0.1, 0.15) is 19.3 Å². The van der Waals surface area contributed by atoms with E-state index in [2.05, 4.69) is 0 Å². The number of hydrogen-bond donors (Lipinski definition) is 1. The molecule has 84 valence electrons. The molecule has 2 rings (SSSR count). The Bertz CT molecular complexity index is 273. The topological polar surface area (TPSA) is 66.8 Å². The van der Waals surface area contributed by atoms with Crippen LogP contribution in [-0.4, -0.2) is 47.7 Å². The van der Waals surface area contributed by atoms with E-state index in [1.807, 2.05) is 0 Å². The van der Waals surface area contributed by atoms with Gasteiger partial charge in [-0.1, -0.05) is 0 Å². The van der Waals surface area contributed by atoms with Crippen molar-refractivity contribution in [2.45, 2.75) is 25.3 Å². The van der Waals surface area contributed by atoms with Gasteiger partial charge in [0, 0.05) is 32.2 Å². The minimum Gasteiger partial charge on any atom is -0.481 e. The molecular weight excluding hydrogens is 198 g/mol. The van der Waals surface area contributed by atoms with Gasteiger partial charge in [0.1, 0.15) is 0 Å². The van der Waals surface area contributed by atoms with E-state index in [0.29, 0.717) is 19.8 Å². The lowest BCUT2D eigenvalue weighted by Crippen LogP contribution is -2.40. The van der Waals surface area contributed by atoms with Crippen molar-refractivity contribution < 1.29 is 19.4 Å². The molecule has 0 spiro atoms. The van der Waals surface area contributed by atoms with Gasteiger partial charge in [-0.2, -0.15) is 0 Å². The van der Waals surface area contributed by atoms with Crippen LogP contribution in [0.5, 0.6) is 0 Å². The second kappa shape index (κ2) is 4.18. The second-order valence-electron chi connectivity index (χ2n) is 4.13. The molecule has 2 aliphatic rings. The predicted molar refractivity (Wildman–Crippen MR) is 51.3 cm³/mol. The van der Waals surface area contributed by atoms with Crippen molar-refractivity contribution >= 4 is 11.9 Å². The van der Waals surface area contributed by atoms with E-state index < -0.39 is 11.9 Å². The van der Waals surface area contributed by atoms with Crippen molar-refractivity contribution in [3.05, 3.63) is 0 Å². The van der Waals surface area contributed by atoms with Crippen LogP contribution in [0.3, 0.4) is 0 Å². The molecule has 1 atom stereocenters. The summed E-state index contributed by atoms with van der Waals surface area (Å²) < 4.78 is 5.21. The fourth-order valence-electron chi connectivity index (χ4n) is 2.25. The third-order valence-electron chi connectivity index (χ3n) is 3.14. The number of nitrogens with zero attached hydrogens (tertiary/aromatic N) is 1. The van der Waals surface area contributed by atoms with Gasteiger partial charge < -0.3 is 14.7 Å². The zero-order valence-electron chi connectivity index (χ0n) is 8.52. The molecule has 0 aromatic heterocycles. The Morgan fingerprint density at radius 2 is 2.07 bits per heavy atom. The average molecular weight is 213 g/mol. The molecule has 0 unspecified atom stereocenters. The maximum atomic E-state index is 11.6. The van der Waals surface area contributed by atoms with Crippen LogP contribution in [0, 0.1) is 5.92 Å². The molecule has 0 radical (unpaired) electrons. The first-order valence-corrected chi connectivity index (χ1v) is 5.28. The highest BCUT2D eigenvalue weighted by atomic mass is 16.5. The van der Waals surface area contributed by atoms with Crippen molar-refractivity contribution in [2.75, 3.05) is 19.8 Å². The number of likely N-dealkylation sites (tertiary alicyclic amines) is 1. The molecule has 2 saturated heterocycles. The van der Waals surface area contributed by atoms with Crippen molar-refractivity contribution in [3.8, 4) is 0 Å². The highest BCUT2D eigenvalue weighted by molar-refractivity contribution is 5.86. The number of ether oxygens (including phenoxy) is 1. The SMILES string of the molecule is O=C(O)[C@H]1CC(=O)N(C2CCOCC2)C1. The molecule has 1 N–H and O–H groups in total. The minimum atomic E-state index is -0.863. The zero-order valence-corrected chi connectivity index (χ0v) is 8.52. The first-order chi connectivity index (χ1) is 7.18. The molecule has 2 fully saturated rings. The maximum absolute atomic E-state index is 11.6. The van der Waals surface area contributed by atoms with Gasteiger partial charge in [0.2, 0.25) is 5.91 Å². The monoisotopic (exact) mass is 213 g/mol. The standard InChI is InChI=1S/C10H15NO4/c12-9-5-7(10(13)14)6-11(9)8-1-3-15-4-2-8/h7-8H,1-6H2,(H,13,14)/t7-/m0/s1. The van der Waals surface area contributed by atoms with Gasteiger partial charge in [-0.05, 0) is 12.8 Å². The average Bonchev–Trinajstić information content (AvgIpc) is 2.62. The molecule has 5 heteroatoms. The normalized spacial score (nSPS) is 28.4. The summed E-state index contributed by atoms with van der Waals surface area (Å²) in [5, 5.41) is 8.84. The van der Waals surface area contributed by atoms with Crippen LogP contribution in [0.4, 0.5) is 0 Å². The fourth-order valence-corrected chi connectivity index (χ4v) is 2.25. The number of carbonyl (C=O) groups is 2. The second-order valence-corrected chi connectivity index (χ2v) is 4.13. The molecule has 15 heavy (non-hydrogen) atoms. The summed E-state index contributed by atoms with van der Waals surface area (Å²) in [5.74, 6) is -1.40. The van der Waals surface area contributed by atoms with E-state index in [0.717, 1.165) is 12.8 Å². The quantitative estimate of drug-likeness (QED) is 0.706. The van der Waals surface area contributed by atoms with Crippen molar-refractivity contribution in [1.82, 2.24) is 4.90 Å². The van der Waals surface area contributed by atoms with Crippen LogP contribution in [0.25, 0.3) is 0 Å². The number of carboxylic acids is 1. The van der Waals surface area contributed by atoms with Crippen LogP contribution in [-0.2, 0) is 14.3 Å². The number of carboxylic acid groups (broad SMARTS) is 1. The van der Waals surface area contributed by atoms with Gasteiger partial charge in [0.05, 0.1) is 5.92 Å². The van der Waals surface area contributed by atoms with Gasteiger partial charge in [-0.15, -0.1) is 0 Å². The highest BCUT2D eigenvalue weighted by Gasteiger charge is 2.38. The number of carbonyl (C=O) groups excluding carboxylic acids is 1. The van der Waals surface area contributed by atoms with Crippen molar-refractivity contribution in [3.63, 3.8) is 0 Å². The smallest absolute Gasteiger partial charge is 0.308 e. The van der Waals surface area contributed by atoms with Crippen molar-refractivity contribution in [1.29, 1.82) is 0 Å². The van der Waals surface area contributed by atoms with Crippen LogP contribution in [0.15, 0.2) is 0 Å². The summed E-state index contributed by atoms with van der Waals surface area (Å²) in [4.78, 5) is 24.1. The van der Waals surface area contributed by atoms with Gasteiger partial charge in [0.15, 0.2) is 0 Å². The third kappa shape index (κ3) is 2.12. The van der Waals surface area contributed by atoms with Crippen LogP contribution >= 0.6 is 0 Å². The lowest BCUT2D eigenvalue weighted by molar-refractivity contribution is -0.141. The Hall–Kier alpha value is -1.10. The Kier molecular flexibility index (Phi) is 2.90. The first-order valence-electron chi connectivity index (χ1n) is 5.28. The Morgan fingerprint density at radius 3 is 2.60 bits per heavy atom. The minimum absolute atomic E-state index is 0.0192. The number of aliphatic carboxylic acids is 1. The molecule has 0 bridgehead atoms. The van der Waals surface area contributed by atoms with Crippen LogP contribution in [0.2, 0.25) is 0 Å². The molecule has 0 aromatic carbocycles. The van der Waals surface area contributed by atoms with E-state index in [9.17, 15) is 9.59 Å². The van der Waals surface area contributed by atoms with Crippen molar-refractivity contribution in [2.24, 2.45) is 5.92 Å². The number of rotatable bonds is 2. The Balaban J connectivity index is 1.97. The van der Waals surface area contributed by atoms with E-state index in [1.165, 1.54) is 0 Å². The summed E-state index contributed by atoms with van der Waals surface area (Å²) in [6.45, 7) is 1.72. The lowest BCUT2D eigenvalue weighted by Gasteiger charge is -2.31. The molecule has 0 aliphatic carbocycles. The van der Waals surface area contributed by atoms with E-state index in [-0.39, 0.29) is 18.4 Å². The Morgan fingerprint density at radius 1 is 1.40 bits per heavy atom. The molecule has 2 aliphatic heterocycles. The molecule has 0 saturated carbocycles. The summed E-state index contributed by atoms with van der Waals surface area (Å²) in [6.07, 6.45) is 1.82. The lowest BCUT2D eigenvalue weighted by atomic mass is 10.1. The van der Waals surface area contributed by atoms with E-state index in [4.69, 9.17) is 9.84 Å². The summed E-state index contributed by atoms with van der Waals surface area (Å²) in [7, 11) is 0. The fraction of sp³-hybridized carbons (Fsp3) is 0.800. The van der Waals surface area contributed by atoms with Gasteiger partial charge in [-0.25, -0.2) is 0 Å². The van der Waals surface area contributed by atoms with Gasteiger partial charge >= 0.3 is 5.97 Å². The van der Waals surface area contributed by atoms with E-state index in [1.54, 1.807) is 4.90 Å². The maximum Gasteiger partial charge on any atom is 0.308 e. The Labute approximate surface area is 88.0 Å². The summed E-state index contributed by atoms with van der Waals surface area (Å²) in [5.41, 5.74) is 0. The predicted octanol–water partition coefficient (Wildman–Crippen LogP) is 0.0985. The first kappa shape index (κ1) is 10.4. The molecule has 5 nitrogen and oxygen atoms in total. The third-order valence-corrected chi connectivity index (χ3v) is 3.14. The summed E-state index contributed by atoms with van der Waals surface area (Å²) in [6, 6.07) is 0.190. The number of hydrogen-bond acceptors (Lipinski definition) is 3. The molecule has 0 aromatic rings. The number of amides is 1. The summed E-state index contributed by atoms with van der Waals surface area (Å²) >= 11 is 0. The van der Waals surface area contributed by atoms with E-state index >= 15 is 0 Å². The van der Waals surface area contributed by atoms with Crippen LogP contribution < -0.4 is 0 Å². The molecular formula is C10H15NO4. The molecule has 1 amide bonds. The van der Waals surface area contributed by atoms with Gasteiger partial charge in [0.25, 0.3) is 0 Å². The highest BCUT2D eigenvalue weighted by Crippen LogP contribution is 2.24. The largest absolute Gasteiger partial charge is 0.481 e. The zero-order chi connectivity index (χ0) is 10.8.